The lowest BCUT2D eigenvalue weighted by Gasteiger charge is -2.32. The molecule has 102 valence electrons. The van der Waals surface area contributed by atoms with E-state index in [1.54, 1.807) is 0 Å². The van der Waals surface area contributed by atoms with Crippen molar-refractivity contribution in [2.45, 2.75) is 4.90 Å². The molecule has 0 aromatic carbocycles. The second-order valence-electron chi connectivity index (χ2n) is 4.42. The predicted octanol–water partition coefficient (Wildman–Crippen LogP) is 2.49. The Morgan fingerprint density at radius 1 is 1.44 bits per heavy atom. The van der Waals surface area contributed by atoms with Crippen molar-refractivity contribution in [3.05, 3.63) is 18.3 Å². The average molecular weight is 305 g/mol. The van der Waals surface area contributed by atoms with E-state index in [0.29, 0.717) is 0 Å². The summed E-state index contributed by atoms with van der Waals surface area (Å²) in [5, 5.41) is 0. The van der Waals surface area contributed by atoms with Crippen molar-refractivity contribution in [1.82, 2.24) is 4.98 Å². The number of hydrogen-bond acceptors (Lipinski definition) is 5. The van der Waals surface area contributed by atoms with E-state index in [4.69, 9.17) is 16.4 Å². The Balaban J connectivity index is 2.18. The molecule has 1 fully saturated rings. The van der Waals surface area contributed by atoms with Gasteiger partial charge in [0, 0.05) is 24.2 Å². The number of hydrogen-bond donors (Lipinski definition) is 2. The van der Waals surface area contributed by atoms with E-state index < -0.39 is 9.06 Å². The van der Waals surface area contributed by atoms with Gasteiger partial charge in [0.25, 0.3) is 0 Å². The zero-order chi connectivity index (χ0) is 13.0. The lowest BCUT2D eigenvalue weighted by molar-refractivity contribution is 0.122. The van der Waals surface area contributed by atoms with Gasteiger partial charge in [-0.2, -0.15) is 21.7 Å². The SMILES string of the molecule is CS(S)(CCS)c1ccnc(N2CCOCC2)c1. The topological polar surface area (TPSA) is 25.4 Å². The highest BCUT2D eigenvalue weighted by Crippen LogP contribution is 2.56. The number of nitrogens with zero attached hydrogens (tertiary/aromatic N) is 2. The Kier molecular flexibility index (Phi) is 5.12. The number of ether oxygens (including phenoxy) is 1. The highest BCUT2D eigenvalue weighted by atomic mass is 33.1. The molecule has 18 heavy (non-hydrogen) atoms. The molecule has 2 heterocycles. The van der Waals surface area contributed by atoms with Gasteiger partial charge in [0.2, 0.25) is 0 Å². The van der Waals surface area contributed by atoms with E-state index in [2.05, 4.69) is 40.9 Å². The maximum absolute atomic E-state index is 5.37. The normalized spacial score (nSPS) is 21.4. The third kappa shape index (κ3) is 3.50. The molecule has 1 saturated heterocycles. The van der Waals surface area contributed by atoms with Crippen molar-refractivity contribution < 1.29 is 4.74 Å². The van der Waals surface area contributed by atoms with Gasteiger partial charge in [0.1, 0.15) is 5.82 Å². The minimum Gasteiger partial charge on any atom is -0.378 e. The summed E-state index contributed by atoms with van der Waals surface area (Å²) in [5.41, 5.74) is 0. The van der Waals surface area contributed by atoms with Crippen LogP contribution in [0, 0.1) is 0 Å². The first-order chi connectivity index (χ1) is 8.63. The Morgan fingerprint density at radius 3 is 2.83 bits per heavy atom. The minimum absolute atomic E-state index is 0.785. The van der Waals surface area contributed by atoms with Crippen LogP contribution < -0.4 is 4.90 Å². The van der Waals surface area contributed by atoms with Crippen LogP contribution in [-0.4, -0.2) is 49.0 Å². The molecule has 1 aromatic rings. The summed E-state index contributed by atoms with van der Waals surface area (Å²) in [5.74, 6) is 2.93. The van der Waals surface area contributed by atoms with E-state index in [-0.39, 0.29) is 0 Å². The molecule has 1 aliphatic rings. The molecule has 6 heteroatoms. The molecular formula is C12H20N2OS3. The third-order valence-corrected chi connectivity index (χ3v) is 7.02. The molecule has 3 nitrogen and oxygen atoms in total. The van der Waals surface area contributed by atoms with E-state index in [0.717, 1.165) is 43.6 Å². The third-order valence-electron chi connectivity index (χ3n) is 3.05. The molecule has 1 aliphatic heterocycles. The summed E-state index contributed by atoms with van der Waals surface area (Å²) in [6, 6.07) is 4.26. The number of morpholine rings is 1. The number of thiol groups is 2. The van der Waals surface area contributed by atoms with Crippen molar-refractivity contribution in [2.75, 3.05) is 49.0 Å². The average Bonchev–Trinajstić information content (AvgIpc) is 2.40. The van der Waals surface area contributed by atoms with Gasteiger partial charge in [-0.25, -0.2) is 4.98 Å². The van der Waals surface area contributed by atoms with E-state index in [1.165, 1.54) is 4.90 Å². The van der Waals surface area contributed by atoms with Crippen LogP contribution in [0.15, 0.2) is 23.2 Å². The molecule has 0 N–H and O–H groups in total. The van der Waals surface area contributed by atoms with E-state index in [1.807, 2.05) is 6.20 Å². The summed E-state index contributed by atoms with van der Waals surface area (Å²) in [7, 11) is -1.05. The second-order valence-corrected chi connectivity index (χ2v) is 10.2. The Hall–Kier alpha value is -0.0400. The fourth-order valence-electron chi connectivity index (χ4n) is 1.93. The number of aromatic nitrogens is 1. The van der Waals surface area contributed by atoms with Gasteiger partial charge in [-0.15, -0.1) is 11.7 Å². The molecule has 0 aliphatic carbocycles. The van der Waals surface area contributed by atoms with Crippen molar-refractivity contribution in [3.63, 3.8) is 0 Å². The van der Waals surface area contributed by atoms with Crippen LogP contribution in [0.25, 0.3) is 0 Å². The highest BCUT2D eigenvalue weighted by Gasteiger charge is 2.18. The van der Waals surface area contributed by atoms with E-state index >= 15 is 0 Å². The largest absolute Gasteiger partial charge is 0.378 e. The van der Waals surface area contributed by atoms with E-state index in [9.17, 15) is 0 Å². The molecule has 0 amide bonds. The van der Waals surface area contributed by atoms with Crippen molar-refractivity contribution in [1.29, 1.82) is 0 Å². The van der Waals surface area contributed by atoms with Crippen LogP contribution in [0.2, 0.25) is 0 Å². The quantitative estimate of drug-likeness (QED) is 0.660. The van der Waals surface area contributed by atoms with Crippen LogP contribution in [0.3, 0.4) is 0 Å². The number of anilines is 1. The molecule has 1 unspecified atom stereocenters. The summed E-state index contributed by atoms with van der Waals surface area (Å²) in [6.07, 6.45) is 4.10. The zero-order valence-electron chi connectivity index (χ0n) is 10.6. The van der Waals surface area contributed by atoms with Gasteiger partial charge in [-0.05, 0) is 29.9 Å². The first-order valence-electron chi connectivity index (χ1n) is 6.01. The highest BCUT2D eigenvalue weighted by molar-refractivity contribution is 8.87. The van der Waals surface area contributed by atoms with Gasteiger partial charge >= 0.3 is 0 Å². The lowest BCUT2D eigenvalue weighted by atomic mass is 10.4. The van der Waals surface area contributed by atoms with Gasteiger partial charge in [-0.3, -0.25) is 0 Å². The summed E-state index contributed by atoms with van der Waals surface area (Å²) in [6.45, 7) is 3.41. The fourth-order valence-corrected chi connectivity index (χ4v) is 5.38. The van der Waals surface area contributed by atoms with Crippen LogP contribution in [-0.2, 0) is 4.74 Å². The first kappa shape index (κ1) is 14.4. The molecule has 2 rings (SSSR count). The van der Waals surface area contributed by atoms with Gasteiger partial charge in [0.15, 0.2) is 0 Å². The maximum Gasteiger partial charge on any atom is 0.129 e. The number of rotatable bonds is 4. The van der Waals surface area contributed by atoms with Crippen LogP contribution >= 0.6 is 33.3 Å². The van der Waals surface area contributed by atoms with Gasteiger partial charge in [0.05, 0.1) is 13.2 Å². The van der Waals surface area contributed by atoms with Crippen molar-refractivity contribution >= 4 is 39.2 Å². The molecule has 0 spiro atoms. The van der Waals surface area contributed by atoms with Gasteiger partial charge in [-0.1, -0.05) is 0 Å². The summed E-state index contributed by atoms with van der Waals surface area (Å²) in [4.78, 5) is 8.03. The molecule has 1 aromatic heterocycles. The maximum atomic E-state index is 5.37. The lowest BCUT2D eigenvalue weighted by Crippen LogP contribution is -2.36. The Morgan fingerprint density at radius 2 is 2.17 bits per heavy atom. The van der Waals surface area contributed by atoms with Crippen LogP contribution in [0.5, 0.6) is 0 Å². The minimum atomic E-state index is -1.05. The summed E-state index contributed by atoms with van der Waals surface area (Å²) >= 11 is 9.15. The predicted molar refractivity (Wildman–Crippen MR) is 86.8 cm³/mol. The first-order valence-corrected chi connectivity index (χ1v) is 9.91. The second kappa shape index (κ2) is 6.41. The van der Waals surface area contributed by atoms with Gasteiger partial charge < -0.3 is 9.64 Å². The van der Waals surface area contributed by atoms with Crippen molar-refractivity contribution in [3.8, 4) is 0 Å². The standard InChI is InChI=1S/C12H20N2OS3/c1-18(17,9-8-16)11-2-3-13-12(10-11)14-4-6-15-7-5-14/h2-3,10,16-17H,4-9H2,1H3. The molecular weight excluding hydrogens is 284 g/mol. The van der Waals surface area contributed by atoms with Crippen LogP contribution in [0.4, 0.5) is 5.82 Å². The van der Waals surface area contributed by atoms with Crippen molar-refractivity contribution in [2.24, 2.45) is 0 Å². The molecule has 0 bridgehead atoms. The molecule has 0 saturated carbocycles. The number of pyridine rings is 1. The Bertz CT molecular complexity index is 395. The Labute approximate surface area is 121 Å². The summed E-state index contributed by atoms with van der Waals surface area (Å²) < 4.78 is 5.37. The fraction of sp³-hybridized carbons (Fsp3) is 0.583. The van der Waals surface area contributed by atoms with Crippen LogP contribution in [0.1, 0.15) is 0 Å². The molecule has 1 atom stereocenters. The smallest absolute Gasteiger partial charge is 0.129 e. The zero-order valence-corrected chi connectivity index (χ0v) is 13.2. The monoisotopic (exact) mass is 304 g/mol. The molecule has 0 radical (unpaired) electrons.